The van der Waals surface area contributed by atoms with Gasteiger partial charge < -0.3 is 9.88 Å². The van der Waals surface area contributed by atoms with E-state index in [0.29, 0.717) is 19.6 Å². The lowest BCUT2D eigenvalue weighted by atomic mass is 9.97. The van der Waals surface area contributed by atoms with Crippen molar-refractivity contribution in [1.29, 1.82) is 0 Å². The maximum absolute atomic E-state index is 12.6. The molecular weight excluding hydrogens is 336 g/mol. The predicted molar refractivity (Wildman–Crippen MR) is 98.9 cm³/mol. The normalized spacial score (nSPS) is 18.3. The van der Waals surface area contributed by atoms with Crippen molar-refractivity contribution in [2.24, 2.45) is 0 Å². The number of amides is 1. The minimum Gasteiger partial charge on any atom is -0.337 e. The molecule has 7 heteroatoms. The summed E-state index contributed by atoms with van der Waals surface area (Å²) < 4.78 is 0. The molecule has 0 radical (unpaired) electrons. The molecule has 6 nitrogen and oxygen atoms in total. The maximum Gasteiger partial charge on any atom is 0.259 e. The number of aromatic nitrogens is 2. The molecule has 2 aromatic heterocycles. The zero-order valence-corrected chi connectivity index (χ0v) is 15.0. The summed E-state index contributed by atoms with van der Waals surface area (Å²) in [7, 11) is 0. The fourth-order valence-electron chi connectivity index (χ4n) is 3.75. The summed E-state index contributed by atoms with van der Waals surface area (Å²) in [5.74, 6) is 0.705. The van der Waals surface area contributed by atoms with E-state index in [9.17, 15) is 9.59 Å². The van der Waals surface area contributed by atoms with Gasteiger partial charge in [-0.1, -0.05) is 6.58 Å². The number of aryl methyl sites for hydroxylation is 2. The Morgan fingerprint density at radius 2 is 2.00 bits per heavy atom. The van der Waals surface area contributed by atoms with Crippen LogP contribution in [0, 0.1) is 0 Å². The molecular formula is C18H22N4O2S. The van der Waals surface area contributed by atoms with E-state index in [2.05, 4.69) is 16.5 Å². The Bertz CT molecular complexity index is 877. The quantitative estimate of drug-likeness (QED) is 0.848. The summed E-state index contributed by atoms with van der Waals surface area (Å²) in [5.41, 5.74) is 1.22. The number of thiophene rings is 1. The van der Waals surface area contributed by atoms with Gasteiger partial charge in [0.25, 0.3) is 5.56 Å². The Kier molecular flexibility index (Phi) is 4.43. The number of nitrogens with zero attached hydrogens (tertiary/aromatic N) is 3. The first kappa shape index (κ1) is 16.5. The Morgan fingerprint density at radius 3 is 2.76 bits per heavy atom. The standard InChI is InChI=1S/C18H22N4O2S/c1-2-15(23)22-9-7-21(8-10-22)11-14-19-17(24)16-12-5-3-4-6-13(12)25-18(16)20-14/h2H,1,3-11H2,(H,19,20,24). The average molecular weight is 358 g/mol. The van der Waals surface area contributed by atoms with Crippen molar-refractivity contribution in [1.82, 2.24) is 19.8 Å². The molecule has 1 aliphatic heterocycles. The molecule has 1 N–H and O–H groups in total. The van der Waals surface area contributed by atoms with Crippen molar-refractivity contribution in [2.45, 2.75) is 32.2 Å². The highest BCUT2D eigenvalue weighted by molar-refractivity contribution is 7.18. The smallest absolute Gasteiger partial charge is 0.259 e. The second-order valence-corrected chi connectivity index (χ2v) is 7.79. The van der Waals surface area contributed by atoms with Crippen molar-refractivity contribution in [3.8, 4) is 0 Å². The molecule has 0 unspecified atom stereocenters. The molecule has 1 fully saturated rings. The molecule has 2 aliphatic rings. The van der Waals surface area contributed by atoms with E-state index < -0.39 is 0 Å². The van der Waals surface area contributed by atoms with Crippen LogP contribution in [-0.2, 0) is 24.2 Å². The first-order valence-corrected chi connectivity index (χ1v) is 9.64. The van der Waals surface area contributed by atoms with E-state index in [-0.39, 0.29) is 11.5 Å². The Balaban J connectivity index is 1.52. The highest BCUT2D eigenvalue weighted by Crippen LogP contribution is 2.33. The fourth-order valence-corrected chi connectivity index (χ4v) is 5.03. The molecule has 0 atom stereocenters. The number of hydrogen-bond donors (Lipinski definition) is 1. The van der Waals surface area contributed by atoms with Gasteiger partial charge in [-0.2, -0.15) is 0 Å². The first-order chi connectivity index (χ1) is 12.2. The van der Waals surface area contributed by atoms with Gasteiger partial charge in [-0.05, 0) is 37.3 Å². The third-order valence-corrected chi connectivity index (χ3v) is 6.29. The van der Waals surface area contributed by atoms with Gasteiger partial charge in [-0.25, -0.2) is 4.98 Å². The SMILES string of the molecule is C=CC(=O)N1CCN(Cc2nc3sc4c(c3c(=O)[nH]2)CCCC4)CC1. The highest BCUT2D eigenvalue weighted by Gasteiger charge is 2.22. The van der Waals surface area contributed by atoms with E-state index in [1.165, 1.54) is 22.9 Å². The number of piperazine rings is 1. The van der Waals surface area contributed by atoms with Gasteiger partial charge in [0.15, 0.2) is 0 Å². The molecule has 1 saturated heterocycles. The molecule has 1 amide bonds. The zero-order chi connectivity index (χ0) is 17.4. The summed E-state index contributed by atoms with van der Waals surface area (Å²) in [5, 5.41) is 0.810. The van der Waals surface area contributed by atoms with Crippen molar-refractivity contribution in [3.05, 3.63) is 39.3 Å². The van der Waals surface area contributed by atoms with Crippen LogP contribution in [0.25, 0.3) is 10.2 Å². The first-order valence-electron chi connectivity index (χ1n) is 8.83. The molecule has 0 bridgehead atoms. The third-order valence-electron chi connectivity index (χ3n) is 5.11. The van der Waals surface area contributed by atoms with Crippen LogP contribution in [-0.4, -0.2) is 51.9 Å². The minimum atomic E-state index is -0.0169. The lowest BCUT2D eigenvalue weighted by Crippen LogP contribution is -2.48. The molecule has 1 aliphatic carbocycles. The largest absolute Gasteiger partial charge is 0.337 e. The summed E-state index contributed by atoms with van der Waals surface area (Å²) >= 11 is 1.68. The number of carbonyl (C=O) groups is 1. The predicted octanol–water partition coefficient (Wildman–Crippen LogP) is 1.69. The summed E-state index contributed by atoms with van der Waals surface area (Å²) in [6.07, 6.45) is 5.80. The van der Waals surface area contributed by atoms with Gasteiger partial charge in [0.05, 0.1) is 11.9 Å². The molecule has 0 spiro atoms. The van der Waals surface area contributed by atoms with Crippen LogP contribution in [0.3, 0.4) is 0 Å². The summed E-state index contributed by atoms with van der Waals surface area (Å²) in [4.78, 5) is 38.2. The molecule has 2 aromatic rings. The van der Waals surface area contributed by atoms with Crippen molar-refractivity contribution < 1.29 is 4.79 Å². The van der Waals surface area contributed by atoms with Crippen LogP contribution in [0.15, 0.2) is 17.4 Å². The van der Waals surface area contributed by atoms with Gasteiger partial charge in [0, 0.05) is 31.1 Å². The van der Waals surface area contributed by atoms with Gasteiger partial charge in [-0.15, -0.1) is 11.3 Å². The number of carbonyl (C=O) groups excluding carboxylic acids is 1. The van der Waals surface area contributed by atoms with E-state index in [1.807, 2.05) is 0 Å². The number of H-pyrrole nitrogens is 1. The van der Waals surface area contributed by atoms with E-state index in [0.717, 1.165) is 48.4 Å². The molecule has 0 saturated carbocycles. The van der Waals surface area contributed by atoms with Crippen molar-refractivity contribution in [2.75, 3.05) is 26.2 Å². The Labute approximate surface area is 150 Å². The van der Waals surface area contributed by atoms with Crippen LogP contribution >= 0.6 is 11.3 Å². The van der Waals surface area contributed by atoms with Crippen molar-refractivity contribution in [3.63, 3.8) is 0 Å². The Morgan fingerprint density at radius 1 is 1.24 bits per heavy atom. The average Bonchev–Trinajstić information content (AvgIpc) is 3.00. The number of nitrogens with one attached hydrogen (secondary N) is 1. The van der Waals surface area contributed by atoms with E-state index >= 15 is 0 Å². The molecule has 0 aromatic carbocycles. The number of aromatic amines is 1. The lowest BCUT2D eigenvalue weighted by Gasteiger charge is -2.33. The van der Waals surface area contributed by atoms with Gasteiger partial charge in [0.1, 0.15) is 10.7 Å². The lowest BCUT2D eigenvalue weighted by molar-refractivity contribution is -0.127. The molecule has 4 rings (SSSR count). The third kappa shape index (κ3) is 3.14. The molecule has 25 heavy (non-hydrogen) atoms. The van der Waals surface area contributed by atoms with Gasteiger partial charge in [0.2, 0.25) is 5.91 Å². The van der Waals surface area contributed by atoms with E-state index in [1.54, 1.807) is 16.2 Å². The van der Waals surface area contributed by atoms with Crippen LogP contribution < -0.4 is 5.56 Å². The fraction of sp³-hybridized carbons (Fsp3) is 0.500. The Hall–Kier alpha value is -1.99. The molecule has 132 valence electrons. The number of hydrogen-bond acceptors (Lipinski definition) is 5. The van der Waals surface area contributed by atoms with Crippen LogP contribution in [0.4, 0.5) is 0 Å². The zero-order valence-electron chi connectivity index (χ0n) is 14.2. The molecule has 3 heterocycles. The second kappa shape index (κ2) is 6.72. The number of fused-ring (bicyclic) bond motifs is 3. The van der Waals surface area contributed by atoms with Crippen LogP contribution in [0.1, 0.15) is 29.1 Å². The van der Waals surface area contributed by atoms with E-state index in [4.69, 9.17) is 4.98 Å². The van der Waals surface area contributed by atoms with Gasteiger partial charge in [-0.3, -0.25) is 14.5 Å². The summed E-state index contributed by atoms with van der Waals surface area (Å²) in [6.45, 7) is 7.08. The maximum atomic E-state index is 12.6. The van der Waals surface area contributed by atoms with Crippen LogP contribution in [0.2, 0.25) is 0 Å². The van der Waals surface area contributed by atoms with Crippen molar-refractivity contribution >= 4 is 27.5 Å². The topological polar surface area (TPSA) is 69.3 Å². The minimum absolute atomic E-state index is 0.000119. The monoisotopic (exact) mass is 358 g/mol. The van der Waals surface area contributed by atoms with Crippen LogP contribution in [0.5, 0.6) is 0 Å². The van der Waals surface area contributed by atoms with Gasteiger partial charge >= 0.3 is 0 Å². The number of rotatable bonds is 3. The highest BCUT2D eigenvalue weighted by atomic mass is 32.1. The summed E-state index contributed by atoms with van der Waals surface area (Å²) in [6, 6.07) is 0. The second-order valence-electron chi connectivity index (χ2n) is 6.71.